The Kier molecular flexibility index (Phi) is 45.6. The molecule has 1 N–H and O–H groups in total. The number of rotatable bonds is 43. The van der Waals surface area contributed by atoms with E-state index in [1.807, 2.05) is 0 Å². The smallest absolute Gasteiger partial charge is 0.306 e. The van der Waals surface area contributed by atoms with Crippen molar-refractivity contribution in [2.75, 3.05) is 19.8 Å². The molecule has 0 aromatic carbocycles. The Balaban J connectivity index is 3.45. The van der Waals surface area contributed by atoms with Gasteiger partial charge in [-0.2, -0.15) is 0 Å². The van der Waals surface area contributed by atoms with E-state index in [1.165, 1.54) is 141 Å². The standard InChI is InChI=1S/C50H90O4/c1-3-5-7-9-11-13-15-17-19-21-23-25-26-28-30-32-34-36-38-40-42-44-46-53-48-49(47-51)54-50(52)45-43-41-39-37-35-33-31-29-27-24-22-20-18-16-14-12-10-8-6-4-2/h5,7,11,13,17,19,23,25,28,30,49,51H,3-4,6,8-10,12,14-16,18,20-22,24,26-27,29,31-48H2,1-2H3/b7-5-,13-11-,19-17-,25-23-,30-28-. The van der Waals surface area contributed by atoms with E-state index in [-0.39, 0.29) is 19.2 Å². The fourth-order valence-corrected chi connectivity index (χ4v) is 6.65. The minimum atomic E-state index is -0.543. The van der Waals surface area contributed by atoms with Crippen LogP contribution in [0, 0.1) is 0 Å². The molecule has 4 heteroatoms. The summed E-state index contributed by atoms with van der Waals surface area (Å²) in [6, 6.07) is 0. The van der Waals surface area contributed by atoms with Gasteiger partial charge in [0.1, 0.15) is 6.10 Å². The van der Waals surface area contributed by atoms with E-state index < -0.39 is 6.10 Å². The van der Waals surface area contributed by atoms with Gasteiger partial charge >= 0.3 is 5.97 Å². The second kappa shape index (κ2) is 47.2. The van der Waals surface area contributed by atoms with Crippen molar-refractivity contribution in [1.82, 2.24) is 0 Å². The number of aliphatic hydroxyl groups excluding tert-OH is 1. The Morgan fingerprint density at radius 3 is 1.26 bits per heavy atom. The van der Waals surface area contributed by atoms with Gasteiger partial charge in [0.25, 0.3) is 0 Å². The predicted octanol–water partition coefficient (Wildman–Crippen LogP) is 15.6. The molecule has 0 saturated heterocycles. The minimum absolute atomic E-state index is 0.178. The normalized spacial score (nSPS) is 12.9. The molecule has 0 radical (unpaired) electrons. The minimum Gasteiger partial charge on any atom is -0.457 e. The number of hydrogen-bond donors (Lipinski definition) is 1. The van der Waals surface area contributed by atoms with Crippen LogP contribution in [0.2, 0.25) is 0 Å². The summed E-state index contributed by atoms with van der Waals surface area (Å²) in [5, 5.41) is 9.63. The van der Waals surface area contributed by atoms with E-state index in [0.29, 0.717) is 13.0 Å². The number of carbonyl (C=O) groups is 1. The molecule has 0 saturated carbocycles. The monoisotopic (exact) mass is 755 g/mol. The van der Waals surface area contributed by atoms with Gasteiger partial charge in [-0.1, -0.05) is 222 Å². The third-order valence-corrected chi connectivity index (χ3v) is 10.1. The van der Waals surface area contributed by atoms with Gasteiger partial charge in [0.05, 0.1) is 13.2 Å². The number of unbranched alkanes of at least 4 members (excludes halogenated alkanes) is 25. The van der Waals surface area contributed by atoms with E-state index in [1.54, 1.807) is 0 Å². The second-order valence-electron chi connectivity index (χ2n) is 15.5. The fourth-order valence-electron chi connectivity index (χ4n) is 6.65. The molecule has 0 heterocycles. The average molecular weight is 755 g/mol. The SMILES string of the molecule is CC/C=C\C/C=C\C/C=C\C/C=C\C/C=C\CCCCCCCCOCC(CO)OC(=O)CCCCCCCCCCCCCCCCCCCCCC. The molecule has 0 aliphatic rings. The molecule has 0 bridgehead atoms. The molecule has 0 amide bonds. The Hall–Kier alpha value is -1.91. The maximum absolute atomic E-state index is 12.2. The summed E-state index contributed by atoms with van der Waals surface area (Å²) in [4.78, 5) is 12.2. The molecule has 4 nitrogen and oxygen atoms in total. The highest BCUT2D eigenvalue weighted by Gasteiger charge is 2.13. The third-order valence-electron chi connectivity index (χ3n) is 10.1. The summed E-state index contributed by atoms with van der Waals surface area (Å²) < 4.78 is 11.2. The van der Waals surface area contributed by atoms with E-state index in [4.69, 9.17) is 9.47 Å². The van der Waals surface area contributed by atoms with Gasteiger partial charge < -0.3 is 14.6 Å². The van der Waals surface area contributed by atoms with Gasteiger partial charge in [-0.15, -0.1) is 0 Å². The van der Waals surface area contributed by atoms with Crippen LogP contribution in [-0.4, -0.2) is 37.0 Å². The van der Waals surface area contributed by atoms with Crippen LogP contribution in [0.15, 0.2) is 60.8 Å². The molecular weight excluding hydrogens is 665 g/mol. The first kappa shape index (κ1) is 52.1. The zero-order valence-electron chi connectivity index (χ0n) is 36.0. The first-order chi connectivity index (χ1) is 26.7. The summed E-state index contributed by atoms with van der Waals surface area (Å²) in [6.45, 7) is 5.22. The van der Waals surface area contributed by atoms with Crippen molar-refractivity contribution in [3.05, 3.63) is 60.8 Å². The Morgan fingerprint density at radius 1 is 0.463 bits per heavy atom. The largest absolute Gasteiger partial charge is 0.457 e. The number of carbonyl (C=O) groups excluding carboxylic acids is 1. The lowest BCUT2D eigenvalue weighted by Gasteiger charge is -2.15. The molecule has 0 aliphatic carbocycles. The highest BCUT2D eigenvalue weighted by atomic mass is 16.6. The van der Waals surface area contributed by atoms with Gasteiger partial charge in [-0.05, 0) is 57.8 Å². The van der Waals surface area contributed by atoms with Crippen molar-refractivity contribution in [3.63, 3.8) is 0 Å². The first-order valence-electron chi connectivity index (χ1n) is 23.4. The maximum Gasteiger partial charge on any atom is 0.306 e. The molecule has 0 aromatic heterocycles. The Bertz CT molecular complexity index is 885. The number of aliphatic hydroxyl groups is 1. The lowest BCUT2D eigenvalue weighted by Crippen LogP contribution is -2.27. The van der Waals surface area contributed by atoms with Crippen LogP contribution in [0.25, 0.3) is 0 Å². The van der Waals surface area contributed by atoms with Crippen LogP contribution in [-0.2, 0) is 14.3 Å². The molecular formula is C50H90O4. The number of ether oxygens (including phenoxy) is 2. The quantitative estimate of drug-likeness (QED) is 0.0383. The van der Waals surface area contributed by atoms with Crippen molar-refractivity contribution in [1.29, 1.82) is 0 Å². The Morgan fingerprint density at radius 2 is 0.833 bits per heavy atom. The van der Waals surface area contributed by atoms with Gasteiger partial charge in [0, 0.05) is 13.0 Å². The van der Waals surface area contributed by atoms with Crippen LogP contribution in [0.3, 0.4) is 0 Å². The molecule has 314 valence electrons. The summed E-state index contributed by atoms with van der Waals surface area (Å²) in [5.74, 6) is -0.204. The lowest BCUT2D eigenvalue weighted by atomic mass is 10.0. The molecule has 0 fully saturated rings. The van der Waals surface area contributed by atoms with Gasteiger partial charge in [-0.3, -0.25) is 4.79 Å². The van der Waals surface area contributed by atoms with Crippen molar-refractivity contribution < 1.29 is 19.4 Å². The van der Waals surface area contributed by atoms with Crippen molar-refractivity contribution in [2.45, 2.75) is 232 Å². The highest BCUT2D eigenvalue weighted by molar-refractivity contribution is 5.69. The van der Waals surface area contributed by atoms with Crippen LogP contribution in [0.4, 0.5) is 0 Å². The van der Waals surface area contributed by atoms with Crippen LogP contribution in [0.1, 0.15) is 226 Å². The van der Waals surface area contributed by atoms with Gasteiger partial charge in [-0.25, -0.2) is 0 Å². The number of esters is 1. The molecule has 0 spiro atoms. The van der Waals surface area contributed by atoms with E-state index in [9.17, 15) is 9.90 Å². The van der Waals surface area contributed by atoms with Crippen molar-refractivity contribution in [3.8, 4) is 0 Å². The lowest BCUT2D eigenvalue weighted by molar-refractivity contribution is -0.154. The molecule has 0 rings (SSSR count). The van der Waals surface area contributed by atoms with Gasteiger partial charge in [0.2, 0.25) is 0 Å². The summed E-state index contributed by atoms with van der Waals surface area (Å²) in [5.41, 5.74) is 0. The van der Waals surface area contributed by atoms with Crippen LogP contribution < -0.4 is 0 Å². The van der Waals surface area contributed by atoms with Crippen LogP contribution in [0.5, 0.6) is 0 Å². The van der Waals surface area contributed by atoms with Crippen molar-refractivity contribution >= 4 is 5.97 Å². The number of allylic oxidation sites excluding steroid dienone is 10. The number of hydrogen-bond acceptors (Lipinski definition) is 4. The molecule has 1 atom stereocenters. The maximum atomic E-state index is 12.2. The van der Waals surface area contributed by atoms with Crippen LogP contribution >= 0.6 is 0 Å². The van der Waals surface area contributed by atoms with Gasteiger partial charge in [0.15, 0.2) is 0 Å². The molecule has 0 aliphatic heterocycles. The zero-order valence-corrected chi connectivity index (χ0v) is 36.0. The van der Waals surface area contributed by atoms with E-state index in [0.717, 1.165) is 64.2 Å². The Labute approximate surface area is 336 Å². The third kappa shape index (κ3) is 44.5. The topological polar surface area (TPSA) is 55.8 Å². The summed E-state index contributed by atoms with van der Waals surface area (Å²) in [6.07, 6.45) is 62.9. The highest BCUT2D eigenvalue weighted by Crippen LogP contribution is 2.15. The zero-order chi connectivity index (χ0) is 39.1. The molecule has 54 heavy (non-hydrogen) atoms. The second-order valence-corrected chi connectivity index (χ2v) is 15.5. The summed E-state index contributed by atoms with van der Waals surface area (Å²) >= 11 is 0. The van der Waals surface area contributed by atoms with E-state index in [2.05, 4.69) is 74.6 Å². The summed E-state index contributed by atoms with van der Waals surface area (Å²) in [7, 11) is 0. The van der Waals surface area contributed by atoms with Crippen molar-refractivity contribution in [2.24, 2.45) is 0 Å². The average Bonchev–Trinajstić information content (AvgIpc) is 3.18. The fraction of sp³-hybridized carbons (Fsp3) is 0.780. The molecule has 0 aromatic rings. The first-order valence-corrected chi connectivity index (χ1v) is 23.4. The van der Waals surface area contributed by atoms with E-state index >= 15 is 0 Å². The predicted molar refractivity (Wildman–Crippen MR) is 237 cm³/mol. The molecule has 1 unspecified atom stereocenters.